The molecule has 0 aromatic rings. The smallest absolute Gasteiger partial charge is 0.379 e. The highest BCUT2D eigenvalue weighted by Gasteiger charge is 2.11. The summed E-state index contributed by atoms with van der Waals surface area (Å²) in [5.74, 6) is 0. The Labute approximate surface area is 165 Å². The van der Waals surface area contributed by atoms with Crippen LogP contribution in [-0.2, 0) is 37.7 Å². The van der Waals surface area contributed by atoms with E-state index in [9.17, 15) is 8.42 Å². The summed E-state index contributed by atoms with van der Waals surface area (Å²) >= 11 is 0. The van der Waals surface area contributed by atoms with E-state index < -0.39 is 10.4 Å². The van der Waals surface area contributed by atoms with Crippen LogP contribution in [0.2, 0.25) is 0 Å². The van der Waals surface area contributed by atoms with Gasteiger partial charge in [-0.15, -0.1) is 0 Å². The fourth-order valence-corrected chi connectivity index (χ4v) is 2.53. The van der Waals surface area contributed by atoms with Gasteiger partial charge in [0, 0.05) is 26.4 Å². The van der Waals surface area contributed by atoms with Crippen LogP contribution in [0, 0.1) is 0 Å². The predicted octanol–water partition coefficient (Wildman–Crippen LogP) is 2.71. The molecule has 0 amide bonds. The molecule has 0 rings (SSSR count). The van der Waals surface area contributed by atoms with Crippen molar-refractivity contribution in [3.8, 4) is 0 Å². The standard InChI is InChI=1S/C18H38O8S/c1-3-5-9-21-15-17-23-11-7-13-25-27(19,20)26-14-8-12-24-18-16-22-10-6-4-2/h3-18H2,1-2H3. The Morgan fingerprint density at radius 1 is 0.481 bits per heavy atom. The van der Waals surface area contributed by atoms with Crippen LogP contribution in [0.25, 0.3) is 0 Å². The van der Waals surface area contributed by atoms with E-state index in [2.05, 4.69) is 13.8 Å². The number of rotatable bonds is 22. The van der Waals surface area contributed by atoms with Crippen LogP contribution in [0.1, 0.15) is 52.4 Å². The van der Waals surface area contributed by atoms with Gasteiger partial charge in [0.25, 0.3) is 0 Å². The Bertz CT molecular complexity index is 359. The molecule has 0 atom stereocenters. The molecule has 0 unspecified atom stereocenters. The zero-order chi connectivity index (χ0) is 20.1. The predicted molar refractivity (Wildman–Crippen MR) is 103 cm³/mol. The lowest BCUT2D eigenvalue weighted by Crippen LogP contribution is -2.15. The maximum Gasteiger partial charge on any atom is 0.399 e. The SMILES string of the molecule is CCCCOCCOCCCOS(=O)(=O)OCCCOCCOCCCC. The van der Waals surface area contributed by atoms with Gasteiger partial charge in [0.15, 0.2) is 0 Å². The maximum absolute atomic E-state index is 11.5. The van der Waals surface area contributed by atoms with Crippen LogP contribution in [0.5, 0.6) is 0 Å². The molecule has 27 heavy (non-hydrogen) atoms. The fourth-order valence-electron chi connectivity index (χ4n) is 1.81. The molecule has 0 aliphatic carbocycles. The van der Waals surface area contributed by atoms with E-state index in [1.165, 1.54) is 0 Å². The number of hydrogen-bond acceptors (Lipinski definition) is 8. The van der Waals surface area contributed by atoms with Gasteiger partial charge in [-0.05, 0) is 25.7 Å². The summed E-state index contributed by atoms with van der Waals surface area (Å²) in [6, 6.07) is 0. The van der Waals surface area contributed by atoms with Crippen LogP contribution in [0.4, 0.5) is 0 Å². The Balaban J connectivity index is 3.34. The number of ether oxygens (including phenoxy) is 4. The second-order valence-corrected chi connectivity index (χ2v) is 7.20. The summed E-state index contributed by atoms with van der Waals surface area (Å²) in [5, 5.41) is 0. The average Bonchev–Trinajstić information content (AvgIpc) is 2.64. The van der Waals surface area contributed by atoms with Crippen molar-refractivity contribution in [2.75, 3.05) is 66.1 Å². The van der Waals surface area contributed by atoms with Crippen molar-refractivity contribution < 1.29 is 35.7 Å². The van der Waals surface area contributed by atoms with Gasteiger partial charge in [-0.25, -0.2) is 8.37 Å². The first-order valence-corrected chi connectivity index (χ1v) is 11.3. The zero-order valence-electron chi connectivity index (χ0n) is 17.0. The highest BCUT2D eigenvalue weighted by atomic mass is 32.3. The lowest BCUT2D eigenvalue weighted by Gasteiger charge is -2.08. The van der Waals surface area contributed by atoms with Crippen molar-refractivity contribution in [1.29, 1.82) is 0 Å². The van der Waals surface area contributed by atoms with Gasteiger partial charge in [0.1, 0.15) is 0 Å². The molecule has 8 nitrogen and oxygen atoms in total. The third-order valence-electron chi connectivity index (χ3n) is 3.35. The molecular weight excluding hydrogens is 376 g/mol. The molecule has 0 saturated heterocycles. The average molecular weight is 415 g/mol. The van der Waals surface area contributed by atoms with E-state index in [4.69, 9.17) is 27.3 Å². The topological polar surface area (TPSA) is 89.5 Å². The first-order chi connectivity index (χ1) is 13.1. The molecule has 0 fully saturated rings. The molecule has 0 saturated carbocycles. The van der Waals surface area contributed by atoms with Gasteiger partial charge in [0.2, 0.25) is 0 Å². The Hall–Kier alpha value is -0.290. The molecule has 0 heterocycles. The number of hydrogen-bond donors (Lipinski definition) is 0. The van der Waals surface area contributed by atoms with Crippen LogP contribution in [0.3, 0.4) is 0 Å². The Kier molecular flexibility index (Phi) is 20.2. The van der Waals surface area contributed by atoms with Crippen molar-refractivity contribution >= 4 is 10.4 Å². The highest BCUT2D eigenvalue weighted by molar-refractivity contribution is 7.81. The van der Waals surface area contributed by atoms with E-state index in [0.29, 0.717) is 52.5 Å². The third-order valence-corrected chi connectivity index (χ3v) is 4.26. The molecule has 0 radical (unpaired) electrons. The molecule has 164 valence electrons. The van der Waals surface area contributed by atoms with E-state index >= 15 is 0 Å². The molecule has 0 aromatic heterocycles. The molecule has 0 aromatic carbocycles. The zero-order valence-corrected chi connectivity index (χ0v) is 17.8. The lowest BCUT2D eigenvalue weighted by molar-refractivity contribution is 0.0401. The van der Waals surface area contributed by atoms with Crippen molar-refractivity contribution in [2.45, 2.75) is 52.4 Å². The minimum absolute atomic E-state index is 0.0324. The highest BCUT2D eigenvalue weighted by Crippen LogP contribution is 1.99. The van der Waals surface area contributed by atoms with Gasteiger partial charge >= 0.3 is 10.4 Å². The molecule has 0 spiro atoms. The van der Waals surface area contributed by atoms with Crippen molar-refractivity contribution in [2.24, 2.45) is 0 Å². The van der Waals surface area contributed by atoms with Gasteiger partial charge in [0.05, 0.1) is 39.6 Å². The van der Waals surface area contributed by atoms with E-state index in [1.54, 1.807) is 0 Å². The van der Waals surface area contributed by atoms with Gasteiger partial charge in [-0.2, -0.15) is 8.42 Å². The van der Waals surface area contributed by atoms with Crippen molar-refractivity contribution in [1.82, 2.24) is 0 Å². The third kappa shape index (κ3) is 21.9. The van der Waals surface area contributed by atoms with Crippen LogP contribution >= 0.6 is 0 Å². The van der Waals surface area contributed by atoms with Crippen molar-refractivity contribution in [3.05, 3.63) is 0 Å². The van der Waals surface area contributed by atoms with Crippen LogP contribution in [-0.4, -0.2) is 74.5 Å². The van der Waals surface area contributed by atoms with E-state index in [1.807, 2.05) is 0 Å². The van der Waals surface area contributed by atoms with Crippen LogP contribution in [0.15, 0.2) is 0 Å². The van der Waals surface area contributed by atoms with Gasteiger partial charge in [-0.3, -0.25) is 0 Å². The summed E-state index contributed by atoms with van der Waals surface area (Å²) in [6.45, 7) is 8.70. The molecule has 0 aliphatic heterocycles. The van der Waals surface area contributed by atoms with Crippen LogP contribution < -0.4 is 0 Å². The summed E-state index contributed by atoms with van der Waals surface area (Å²) < 4.78 is 53.9. The second kappa shape index (κ2) is 20.4. The Morgan fingerprint density at radius 3 is 1.15 bits per heavy atom. The quantitative estimate of drug-likeness (QED) is 0.250. The molecular formula is C18H38O8S. The summed E-state index contributed by atoms with van der Waals surface area (Å²) in [5.41, 5.74) is 0. The van der Waals surface area contributed by atoms with E-state index in [-0.39, 0.29) is 13.2 Å². The first-order valence-electron chi connectivity index (χ1n) is 9.97. The van der Waals surface area contributed by atoms with Gasteiger partial charge < -0.3 is 18.9 Å². The van der Waals surface area contributed by atoms with Crippen molar-refractivity contribution in [3.63, 3.8) is 0 Å². The minimum Gasteiger partial charge on any atom is -0.379 e. The monoisotopic (exact) mass is 414 g/mol. The second-order valence-electron chi connectivity index (χ2n) is 5.92. The lowest BCUT2D eigenvalue weighted by atomic mass is 10.4. The summed E-state index contributed by atoms with van der Waals surface area (Å²) in [4.78, 5) is 0. The fraction of sp³-hybridized carbons (Fsp3) is 1.00. The first kappa shape index (κ1) is 26.7. The summed E-state index contributed by atoms with van der Waals surface area (Å²) in [6.07, 6.45) is 5.25. The number of unbranched alkanes of at least 4 members (excludes halogenated alkanes) is 2. The minimum atomic E-state index is -3.96. The maximum atomic E-state index is 11.5. The molecule has 0 aliphatic rings. The van der Waals surface area contributed by atoms with Gasteiger partial charge in [-0.1, -0.05) is 26.7 Å². The molecule has 9 heteroatoms. The molecule has 0 bridgehead atoms. The molecule has 0 N–H and O–H groups in total. The largest absolute Gasteiger partial charge is 0.399 e. The normalized spacial score (nSPS) is 11.9. The van der Waals surface area contributed by atoms with E-state index in [0.717, 1.165) is 38.9 Å². The Morgan fingerprint density at radius 2 is 0.815 bits per heavy atom. The summed E-state index contributed by atoms with van der Waals surface area (Å²) in [7, 11) is -3.96.